The predicted octanol–water partition coefficient (Wildman–Crippen LogP) is 0.619. The van der Waals surface area contributed by atoms with Crippen LogP contribution in [0.15, 0.2) is 27.4 Å². The number of carbonyl (C=O) groups excluding carboxylic acids is 1. The van der Waals surface area contributed by atoms with Gasteiger partial charge in [-0.2, -0.15) is 4.31 Å². The van der Waals surface area contributed by atoms with Crippen LogP contribution in [0, 0.1) is 0 Å². The van der Waals surface area contributed by atoms with Crippen LogP contribution in [-0.4, -0.2) is 60.4 Å². The molecule has 0 unspecified atom stereocenters. The lowest BCUT2D eigenvalue weighted by molar-refractivity contribution is 0.0698. The fourth-order valence-corrected chi connectivity index (χ4v) is 4.31. The van der Waals surface area contributed by atoms with E-state index in [0.717, 1.165) is 0 Å². The summed E-state index contributed by atoms with van der Waals surface area (Å²) in [6.45, 7) is 3.12. The van der Waals surface area contributed by atoms with Crippen molar-refractivity contribution in [3.63, 3.8) is 0 Å². The summed E-state index contributed by atoms with van der Waals surface area (Å²) in [6.07, 6.45) is 0.573. The van der Waals surface area contributed by atoms with Crippen LogP contribution in [0.3, 0.4) is 0 Å². The molecule has 1 aliphatic heterocycles. The van der Waals surface area contributed by atoms with Crippen LogP contribution in [-0.2, 0) is 10.0 Å². The molecule has 1 N–H and O–H groups in total. The van der Waals surface area contributed by atoms with Crippen LogP contribution < -0.4 is 5.76 Å². The molecule has 1 fully saturated rings. The maximum Gasteiger partial charge on any atom is 0.417 e. The second kappa shape index (κ2) is 6.40. The number of carbonyl (C=O) groups is 1. The van der Waals surface area contributed by atoms with Gasteiger partial charge >= 0.3 is 5.76 Å². The maximum atomic E-state index is 12.6. The number of benzene rings is 1. The number of oxazole rings is 1. The molecule has 0 atom stereocenters. The fraction of sp³-hybridized carbons (Fsp3) is 0.467. The Kier molecular flexibility index (Phi) is 4.46. The largest absolute Gasteiger partial charge is 0.417 e. The predicted molar refractivity (Wildman–Crippen MR) is 88.4 cm³/mol. The molecule has 2 heterocycles. The summed E-state index contributed by atoms with van der Waals surface area (Å²) in [5.41, 5.74) is 1.28. The molecular formula is C15H19N3O5S. The number of aromatic nitrogens is 1. The van der Waals surface area contributed by atoms with Crippen LogP contribution in [0.5, 0.6) is 0 Å². The average Bonchev–Trinajstić information content (AvgIpc) is 2.93. The Balaban J connectivity index is 1.71. The minimum atomic E-state index is -3.23. The number of sulfonamides is 1. The summed E-state index contributed by atoms with van der Waals surface area (Å²) < 4.78 is 30.5. The maximum absolute atomic E-state index is 12.6. The lowest BCUT2D eigenvalue weighted by Crippen LogP contribution is -2.51. The lowest BCUT2D eigenvalue weighted by atomic mass is 10.1. The summed E-state index contributed by atoms with van der Waals surface area (Å²) in [6, 6.07) is 4.77. The Morgan fingerprint density at radius 3 is 2.62 bits per heavy atom. The fourth-order valence-electron chi connectivity index (χ4n) is 2.82. The van der Waals surface area contributed by atoms with Gasteiger partial charge < -0.3 is 9.32 Å². The molecule has 9 heteroatoms. The number of amides is 1. The third-order valence-electron chi connectivity index (χ3n) is 4.05. The smallest absolute Gasteiger partial charge is 0.408 e. The van der Waals surface area contributed by atoms with E-state index in [4.69, 9.17) is 4.42 Å². The molecule has 0 aliphatic carbocycles. The van der Waals surface area contributed by atoms with Crippen molar-refractivity contribution in [1.29, 1.82) is 0 Å². The Bertz CT molecular complexity index is 907. The molecule has 24 heavy (non-hydrogen) atoms. The number of nitrogens with zero attached hydrogens (tertiary/aromatic N) is 2. The highest BCUT2D eigenvalue weighted by molar-refractivity contribution is 7.89. The summed E-state index contributed by atoms with van der Waals surface area (Å²) in [7, 11) is -3.23. The van der Waals surface area contributed by atoms with Crippen molar-refractivity contribution in [3.05, 3.63) is 34.3 Å². The first-order valence-electron chi connectivity index (χ1n) is 7.80. The van der Waals surface area contributed by atoms with Gasteiger partial charge in [0.05, 0.1) is 11.3 Å². The zero-order valence-electron chi connectivity index (χ0n) is 13.3. The topological polar surface area (TPSA) is 104 Å². The summed E-state index contributed by atoms with van der Waals surface area (Å²) >= 11 is 0. The van der Waals surface area contributed by atoms with Crippen molar-refractivity contribution >= 4 is 27.0 Å². The Labute approximate surface area is 139 Å². The second-order valence-electron chi connectivity index (χ2n) is 5.73. The molecule has 130 valence electrons. The van der Waals surface area contributed by atoms with E-state index >= 15 is 0 Å². The molecule has 0 spiro atoms. The summed E-state index contributed by atoms with van der Waals surface area (Å²) in [5, 5.41) is 0. The molecule has 1 amide bonds. The summed E-state index contributed by atoms with van der Waals surface area (Å²) in [4.78, 5) is 27.9. The molecule has 0 bridgehead atoms. The number of rotatable bonds is 4. The number of aromatic amines is 1. The third kappa shape index (κ3) is 3.22. The molecule has 0 radical (unpaired) electrons. The molecule has 1 aliphatic rings. The van der Waals surface area contributed by atoms with Gasteiger partial charge in [0.15, 0.2) is 5.58 Å². The number of piperazine rings is 1. The number of H-pyrrole nitrogens is 1. The Hall–Kier alpha value is -2.13. The number of hydrogen-bond donors (Lipinski definition) is 1. The van der Waals surface area contributed by atoms with Crippen molar-refractivity contribution in [2.24, 2.45) is 0 Å². The van der Waals surface area contributed by atoms with E-state index in [1.54, 1.807) is 17.0 Å². The van der Waals surface area contributed by atoms with Gasteiger partial charge in [-0.15, -0.1) is 0 Å². The molecular weight excluding hydrogens is 334 g/mol. The molecule has 1 aromatic carbocycles. The van der Waals surface area contributed by atoms with Crippen LogP contribution in [0.2, 0.25) is 0 Å². The second-order valence-corrected chi connectivity index (χ2v) is 7.82. The van der Waals surface area contributed by atoms with Crippen molar-refractivity contribution in [1.82, 2.24) is 14.2 Å². The third-order valence-corrected chi connectivity index (χ3v) is 6.13. The van der Waals surface area contributed by atoms with Crippen molar-refractivity contribution in [3.8, 4) is 0 Å². The van der Waals surface area contributed by atoms with Gasteiger partial charge in [0.25, 0.3) is 5.91 Å². The van der Waals surface area contributed by atoms with Gasteiger partial charge in [0.1, 0.15) is 0 Å². The molecule has 3 rings (SSSR count). The van der Waals surface area contributed by atoms with Crippen LogP contribution in [0.1, 0.15) is 23.7 Å². The molecule has 1 aromatic heterocycles. The highest BCUT2D eigenvalue weighted by atomic mass is 32.2. The van der Waals surface area contributed by atoms with Crippen molar-refractivity contribution in [2.75, 3.05) is 31.9 Å². The lowest BCUT2D eigenvalue weighted by Gasteiger charge is -2.34. The standard InChI is InChI=1S/C15H19N3O5S/c1-2-9-24(21,22)18-7-5-17(6-8-18)14(19)11-3-4-12-13(10-11)23-15(20)16-12/h3-4,10H,2,5-9H2,1H3,(H,16,20). The van der Waals surface area contributed by atoms with Gasteiger partial charge in [-0.25, -0.2) is 13.2 Å². The molecule has 1 saturated heterocycles. The zero-order chi connectivity index (χ0) is 17.3. The number of hydrogen-bond acceptors (Lipinski definition) is 5. The number of fused-ring (bicyclic) bond motifs is 1. The molecule has 0 saturated carbocycles. The minimum Gasteiger partial charge on any atom is -0.408 e. The Morgan fingerprint density at radius 1 is 1.25 bits per heavy atom. The highest BCUT2D eigenvalue weighted by Crippen LogP contribution is 2.16. The van der Waals surface area contributed by atoms with E-state index in [0.29, 0.717) is 49.3 Å². The van der Waals surface area contributed by atoms with E-state index < -0.39 is 15.8 Å². The first-order chi connectivity index (χ1) is 11.4. The minimum absolute atomic E-state index is 0.129. The quantitative estimate of drug-likeness (QED) is 0.868. The molecule has 2 aromatic rings. The van der Waals surface area contributed by atoms with Gasteiger partial charge in [0.2, 0.25) is 10.0 Å². The van der Waals surface area contributed by atoms with Gasteiger partial charge in [-0.05, 0) is 24.6 Å². The van der Waals surface area contributed by atoms with Crippen molar-refractivity contribution in [2.45, 2.75) is 13.3 Å². The number of nitrogens with one attached hydrogen (secondary N) is 1. The summed E-state index contributed by atoms with van der Waals surface area (Å²) in [5.74, 6) is -0.637. The van der Waals surface area contributed by atoms with Gasteiger partial charge in [0, 0.05) is 31.7 Å². The normalized spacial score (nSPS) is 16.6. The van der Waals surface area contributed by atoms with Crippen LogP contribution in [0.25, 0.3) is 11.1 Å². The van der Waals surface area contributed by atoms with E-state index in [1.165, 1.54) is 10.4 Å². The van der Waals surface area contributed by atoms with Crippen LogP contribution >= 0.6 is 0 Å². The van der Waals surface area contributed by atoms with E-state index in [2.05, 4.69) is 4.98 Å². The van der Waals surface area contributed by atoms with Gasteiger partial charge in [-0.3, -0.25) is 9.78 Å². The monoisotopic (exact) mass is 353 g/mol. The van der Waals surface area contributed by atoms with E-state index in [9.17, 15) is 18.0 Å². The SMILES string of the molecule is CCCS(=O)(=O)N1CCN(C(=O)c2ccc3[nH]c(=O)oc3c2)CC1. The first-order valence-corrected chi connectivity index (χ1v) is 9.41. The van der Waals surface area contributed by atoms with Crippen LogP contribution in [0.4, 0.5) is 0 Å². The zero-order valence-corrected chi connectivity index (χ0v) is 14.1. The Morgan fingerprint density at radius 2 is 1.96 bits per heavy atom. The molecule has 8 nitrogen and oxygen atoms in total. The van der Waals surface area contributed by atoms with Gasteiger partial charge in [-0.1, -0.05) is 6.92 Å². The highest BCUT2D eigenvalue weighted by Gasteiger charge is 2.28. The average molecular weight is 353 g/mol. The van der Waals surface area contributed by atoms with E-state index in [-0.39, 0.29) is 11.7 Å². The van der Waals surface area contributed by atoms with Crippen molar-refractivity contribution < 1.29 is 17.6 Å². The van der Waals surface area contributed by atoms with E-state index in [1.807, 2.05) is 6.92 Å². The first kappa shape index (κ1) is 16.7.